The summed E-state index contributed by atoms with van der Waals surface area (Å²) in [6, 6.07) is 7.49. The Balaban J connectivity index is 2.14. The molecule has 6 nitrogen and oxygen atoms in total. The molecule has 0 aliphatic carbocycles. The van der Waals surface area contributed by atoms with Gasteiger partial charge in [0.25, 0.3) is 5.91 Å². The standard InChI is InChI=1S/C16H20N4O2/c1-3-4-9-22-12-7-5-11(6-8-12)15-19-10-13(14(17)20-15)16(21)18-2/h5-8,10H,3-4,9H2,1-2H3,(H,18,21)(H2,17,19,20). The molecule has 0 aliphatic rings. The van der Waals surface area contributed by atoms with E-state index in [4.69, 9.17) is 10.5 Å². The van der Waals surface area contributed by atoms with Crippen LogP contribution in [0, 0.1) is 0 Å². The van der Waals surface area contributed by atoms with E-state index in [1.807, 2.05) is 24.3 Å². The molecule has 0 saturated heterocycles. The molecular formula is C16H20N4O2. The van der Waals surface area contributed by atoms with Gasteiger partial charge in [-0.3, -0.25) is 4.79 Å². The third-order valence-electron chi connectivity index (χ3n) is 3.17. The lowest BCUT2D eigenvalue weighted by molar-refractivity contribution is 0.0963. The maximum atomic E-state index is 11.6. The van der Waals surface area contributed by atoms with Crippen LogP contribution >= 0.6 is 0 Å². The molecule has 0 fully saturated rings. The van der Waals surface area contributed by atoms with Crippen molar-refractivity contribution in [2.45, 2.75) is 19.8 Å². The first-order valence-corrected chi connectivity index (χ1v) is 7.23. The van der Waals surface area contributed by atoms with Gasteiger partial charge in [-0.15, -0.1) is 0 Å². The van der Waals surface area contributed by atoms with Gasteiger partial charge in [0.2, 0.25) is 0 Å². The number of hydrogen-bond acceptors (Lipinski definition) is 5. The summed E-state index contributed by atoms with van der Waals surface area (Å²) < 4.78 is 5.61. The molecule has 1 aromatic carbocycles. The van der Waals surface area contributed by atoms with E-state index in [-0.39, 0.29) is 17.3 Å². The number of nitrogens with zero attached hydrogens (tertiary/aromatic N) is 2. The van der Waals surface area contributed by atoms with Gasteiger partial charge in [-0.2, -0.15) is 0 Å². The minimum Gasteiger partial charge on any atom is -0.494 e. The van der Waals surface area contributed by atoms with Crippen LogP contribution < -0.4 is 15.8 Å². The van der Waals surface area contributed by atoms with Crippen LogP contribution in [0.2, 0.25) is 0 Å². The molecule has 0 unspecified atom stereocenters. The summed E-state index contributed by atoms with van der Waals surface area (Å²) in [6.45, 7) is 2.83. The van der Waals surface area contributed by atoms with Gasteiger partial charge in [-0.05, 0) is 30.7 Å². The normalized spacial score (nSPS) is 10.3. The number of benzene rings is 1. The molecule has 1 aromatic heterocycles. The first-order valence-electron chi connectivity index (χ1n) is 7.23. The number of rotatable bonds is 6. The van der Waals surface area contributed by atoms with Crippen molar-refractivity contribution >= 4 is 11.7 Å². The monoisotopic (exact) mass is 300 g/mol. The first-order chi connectivity index (χ1) is 10.7. The number of ether oxygens (including phenoxy) is 1. The highest BCUT2D eigenvalue weighted by Crippen LogP contribution is 2.21. The number of nitrogens with one attached hydrogen (secondary N) is 1. The van der Waals surface area contributed by atoms with Gasteiger partial charge in [0.15, 0.2) is 5.82 Å². The highest BCUT2D eigenvalue weighted by atomic mass is 16.5. The molecule has 1 amide bonds. The zero-order valence-electron chi connectivity index (χ0n) is 12.8. The van der Waals surface area contributed by atoms with Gasteiger partial charge in [0.05, 0.1) is 12.2 Å². The minimum atomic E-state index is -0.302. The van der Waals surface area contributed by atoms with Gasteiger partial charge in [-0.1, -0.05) is 13.3 Å². The second-order valence-corrected chi connectivity index (χ2v) is 4.80. The lowest BCUT2D eigenvalue weighted by Gasteiger charge is -2.07. The lowest BCUT2D eigenvalue weighted by atomic mass is 10.2. The molecule has 0 bridgehead atoms. The predicted octanol–water partition coefficient (Wildman–Crippen LogP) is 2.26. The number of hydrogen-bond donors (Lipinski definition) is 2. The van der Waals surface area contributed by atoms with Crippen LogP contribution in [0.3, 0.4) is 0 Å². The van der Waals surface area contributed by atoms with Crippen molar-refractivity contribution in [3.05, 3.63) is 36.0 Å². The maximum absolute atomic E-state index is 11.6. The molecule has 0 radical (unpaired) electrons. The van der Waals surface area contributed by atoms with Crippen molar-refractivity contribution in [2.75, 3.05) is 19.4 Å². The van der Waals surface area contributed by atoms with Crippen LogP contribution in [0.15, 0.2) is 30.5 Å². The van der Waals surface area contributed by atoms with E-state index < -0.39 is 0 Å². The van der Waals surface area contributed by atoms with Crippen molar-refractivity contribution < 1.29 is 9.53 Å². The van der Waals surface area contributed by atoms with Gasteiger partial charge in [0, 0.05) is 18.8 Å². The van der Waals surface area contributed by atoms with E-state index in [0.29, 0.717) is 12.4 Å². The molecule has 2 aromatic rings. The van der Waals surface area contributed by atoms with E-state index in [1.54, 1.807) is 0 Å². The third-order valence-corrected chi connectivity index (χ3v) is 3.17. The number of carbonyl (C=O) groups is 1. The zero-order valence-corrected chi connectivity index (χ0v) is 12.8. The highest BCUT2D eigenvalue weighted by molar-refractivity contribution is 5.98. The molecule has 0 saturated carbocycles. The average molecular weight is 300 g/mol. The average Bonchev–Trinajstić information content (AvgIpc) is 2.55. The number of carbonyl (C=O) groups excluding carboxylic acids is 1. The number of amides is 1. The minimum absolute atomic E-state index is 0.160. The van der Waals surface area contributed by atoms with Crippen LogP contribution in [0.1, 0.15) is 30.1 Å². The van der Waals surface area contributed by atoms with Crippen LogP contribution in [-0.4, -0.2) is 29.5 Å². The molecule has 2 rings (SSSR count). The van der Waals surface area contributed by atoms with Crippen molar-refractivity contribution in [3.8, 4) is 17.1 Å². The molecule has 0 atom stereocenters. The number of anilines is 1. The molecule has 0 spiro atoms. The summed E-state index contributed by atoms with van der Waals surface area (Å²) in [5.74, 6) is 1.15. The molecule has 1 heterocycles. The summed E-state index contributed by atoms with van der Waals surface area (Å²) in [5.41, 5.74) is 6.90. The van der Waals surface area contributed by atoms with Crippen molar-refractivity contribution in [2.24, 2.45) is 0 Å². The maximum Gasteiger partial charge on any atom is 0.256 e. The van der Waals surface area contributed by atoms with Gasteiger partial charge >= 0.3 is 0 Å². The van der Waals surface area contributed by atoms with E-state index in [0.717, 1.165) is 24.2 Å². The number of nitrogen functional groups attached to an aromatic ring is 1. The molecule has 3 N–H and O–H groups in total. The summed E-state index contributed by atoms with van der Waals surface area (Å²) in [5, 5.41) is 2.50. The van der Waals surface area contributed by atoms with Crippen molar-refractivity contribution in [3.63, 3.8) is 0 Å². The Labute approximate surface area is 129 Å². The van der Waals surface area contributed by atoms with Crippen LogP contribution in [0.5, 0.6) is 5.75 Å². The Hall–Kier alpha value is -2.63. The van der Waals surface area contributed by atoms with Gasteiger partial charge < -0.3 is 15.8 Å². The van der Waals surface area contributed by atoms with E-state index in [9.17, 15) is 4.79 Å². The lowest BCUT2D eigenvalue weighted by Crippen LogP contribution is -2.20. The van der Waals surface area contributed by atoms with Crippen LogP contribution in [0.4, 0.5) is 5.82 Å². The molecule has 116 valence electrons. The molecule has 22 heavy (non-hydrogen) atoms. The van der Waals surface area contributed by atoms with Crippen LogP contribution in [0.25, 0.3) is 11.4 Å². The number of nitrogens with two attached hydrogens (primary N) is 1. The molecule has 6 heteroatoms. The summed E-state index contributed by atoms with van der Waals surface area (Å²) in [6.07, 6.45) is 3.56. The zero-order chi connectivity index (χ0) is 15.9. The fourth-order valence-electron chi connectivity index (χ4n) is 1.88. The van der Waals surface area contributed by atoms with Crippen LogP contribution in [-0.2, 0) is 0 Å². The predicted molar refractivity (Wildman–Crippen MR) is 85.7 cm³/mol. The number of unbranched alkanes of at least 4 members (excludes halogenated alkanes) is 1. The first kappa shape index (κ1) is 15.8. The fraction of sp³-hybridized carbons (Fsp3) is 0.312. The van der Waals surface area contributed by atoms with E-state index in [1.165, 1.54) is 13.2 Å². The third kappa shape index (κ3) is 3.72. The van der Waals surface area contributed by atoms with Gasteiger partial charge in [0.1, 0.15) is 11.6 Å². The fourth-order valence-corrected chi connectivity index (χ4v) is 1.88. The van der Waals surface area contributed by atoms with Crippen molar-refractivity contribution in [1.82, 2.24) is 15.3 Å². The Morgan fingerprint density at radius 2 is 2.05 bits per heavy atom. The summed E-state index contributed by atoms with van der Waals surface area (Å²) in [7, 11) is 1.53. The largest absolute Gasteiger partial charge is 0.494 e. The Kier molecular flexibility index (Phi) is 5.30. The number of aromatic nitrogens is 2. The Bertz CT molecular complexity index is 641. The quantitative estimate of drug-likeness (QED) is 0.799. The van der Waals surface area contributed by atoms with E-state index >= 15 is 0 Å². The second-order valence-electron chi connectivity index (χ2n) is 4.80. The smallest absolute Gasteiger partial charge is 0.256 e. The summed E-state index contributed by atoms with van der Waals surface area (Å²) >= 11 is 0. The summed E-state index contributed by atoms with van der Waals surface area (Å²) in [4.78, 5) is 19.9. The van der Waals surface area contributed by atoms with E-state index in [2.05, 4.69) is 22.2 Å². The topological polar surface area (TPSA) is 90.1 Å². The highest BCUT2D eigenvalue weighted by Gasteiger charge is 2.11. The van der Waals surface area contributed by atoms with Gasteiger partial charge in [-0.25, -0.2) is 9.97 Å². The van der Waals surface area contributed by atoms with Crippen molar-refractivity contribution in [1.29, 1.82) is 0 Å². The Morgan fingerprint density at radius 3 is 2.64 bits per heavy atom. The SMILES string of the molecule is CCCCOc1ccc(-c2ncc(C(=O)NC)c(N)n2)cc1. The Morgan fingerprint density at radius 1 is 1.32 bits per heavy atom. The second kappa shape index (κ2) is 7.40. The molecular weight excluding hydrogens is 280 g/mol. The molecule has 0 aliphatic heterocycles.